The lowest BCUT2D eigenvalue weighted by atomic mass is 10.1. The molecule has 1 N–H and O–H groups in total. The van der Waals surface area contributed by atoms with Gasteiger partial charge in [0, 0.05) is 29.2 Å². The van der Waals surface area contributed by atoms with Gasteiger partial charge in [0.2, 0.25) is 0 Å². The molecule has 20 heavy (non-hydrogen) atoms. The maximum absolute atomic E-state index is 12.7. The number of nitrogens with zero attached hydrogens (tertiary/aromatic N) is 1. The minimum Gasteiger partial charge on any atom is -0.467 e. The molecule has 0 atom stereocenters. The number of H-pyrrole nitrogens is 1. The van der Waals surface area contributed by atoms with Crippen LogP contribution in [-0.2, 0) is 6.54 Å². The lowest BCUT2D eigenvalue weighted by Crippen LogP contribution is -2.30. The summed E-state index contributed by atoms with van der Waals surface area (Å²) in [7, 11) is 0. The van der Waals surface area contributed by atoms with Gasteiger partial charge in [-0.05, 0) is 37.3 Å². The van der Waals surface area contributed by atoms with Gasteiger partial charge in [0.15, 0.2) is 0 Å². The second-order valence-electron chi connectivity index (χ2n) is 4.64. The smallest absolute Gasteiger partial charge is 0.254 e. The summed E-state index contributed by atoms with van der Waals surface area (Å²) in [5, 5.41) is 0.954. The van der Waals surface area contributed by atoms with E-state index in [1.54, 1.807) is 11.2 Å². The van der Waals surface area contributed by atoms with E-state index in [0.717, 1.165) is 22.2 Å². The Morgan fingerprint density at radius 1 is 1.25 bits per heavy atom. The number of carbonyl (C=O) groups excluding carboxylic acids is 1. The van der Waals surface area contributed by atoms with E-state index in [2.05, 4.69) is 4.98 Å². The first-order valence-corrected chi connectivity index (χ1v) is 6.67. The molecular formula is C16H16N2O2. The van der Waals surface area contributed by atoms with Gasteiger partial charge >= 0.3 is 0 Å². The van der Waals surface area contributed by atoms with Gasteiger partial charge < -0.3 is 14.3 Å². The molecule has 4 nitrogen and oxygen atoms in total. The first kappa shape index (κ1) is 12.5. The number of hydrogen-bond acceptors (Lipinski definition) is 2. The summed E-state index contributed by atoms with van der Waals surface area (Å²) in [6.45, 7) is 3.10. The highest BCUT2D eigenvalue weighted by Gasteiger charge is 2.18. The Balaban J connectivity index is 1.92. The summed E-state index contributed by atoms with van der Waals surface area (Å²) < 4.78 is 5.32. The van der Waals surface area contributed by atoms with Crippen molar-refractivity contribution in [3.63, 3.8) is 0 Å². The van der Waals surface area contributed by atoms with E-state index in [-0.39, 0.29) is 5.91 Å². The second kappa shape index (κ2) is 5.25. The predicted octanol–water partition coefficient (Wildman–Crippen LogP) is 3.42. The van der Waals surface area contributed by atoms with Crippen molar-refractivity contribution in [3.05, 3.63) is 60.2 Å². The van der Waals surface area contributed by atoms with Crippen LogP contribution in [0.25, 0.3) is 10.9 Å². The number of aromatic nitrogens is 1. The highest BCUT2D eigenvalue weighted by atomic mass is 16.3. The first-order valence-electron chi connectivity index (χ1n) is 6.67. The van der Waals surface area contributed by atoms with Crippen molar-refractivity contribution in [2.45, 2.75) is 13.5 Å². The molecule has 0 spiro atoms. The van der Waals surface area contributed by atoms with Crippen LogP contribution < -0.4 is 0 Å². The Bertz CT molecular complexity index is 713. The van der Waals surface area contributed by atoms with Crippen molar-refractivity contribution < 1.29 is 9.21 Å². The molecule has 2 aromatic heterocycles. The van der Waals surface area contributed by atoms with Gasteiger partial charge in [0.25, 0.3) is 5.91 Å². The van der Waals surface area contributed by atoms with Crippen LogP contribution in [0, 0.1) is 0 Å². The van der Waals surface area contributed by atoms with Crippen LogP contribution >= 0.6 is 0 Å². The number of benzene rings is 1. The molecule has 3 aromatic rings. The molecule has 0 aliphatic heterocycles. The van der Waals surface area contributed by atoms with Crippen LogP contribution in [0.1, 0.15) is 23.0 Å². The molecule has 0 aliphatic rings. The molecule has 2 heterocycles. The summed E-state index contributed by atoms with van der Waals surface area (Å²) in [4.78, 5) is 17.6. The van der Waals surface area contributed by atoms with E-state index in [0.29, 0.717) is 13.1 Å². The van der Waals surface area contributed by atoms with Crippen molar-refractivity contribution >= 4 is 16.8 Å². The Morgan fingerprint density at radius 2 is 2.15 bits per heavy atom. The maximum Gasteiger partial charge on any atom is 0.254 e. The van der Waals surface area contributed by atoms with E-state index in [1.165, 1.54) is 0 Å². The normalized spacial score (nSPS) is 10.8. The molecule has 0 unspecified atom stereocenters. The van der Waals surface area contributed by atoms with E-state index >= 15 is 0 Å². The number of hydrogen-bond donors (Lipinski definition) is 1. The number of rotatable bonds is 4. The van der Waals surface area contributed by atoms with E-state index in [4.69, 9.17) is 4.42 Å². The van der Waals surface area contributed by atoms with Gasteiger partial charge in [-0.1, -0.05) is 6.07 Å². The summed E-state index contributed by atoms with van der Waals surface area (Å²) in [6.07, 6.45) is 3.48. The molecule has 0 saturated carbocycles. The Hall–Kier alpha value is -2.49. The van der Waals surface area contributed by atoms with Crippen molar-refractivity contribution in [1.29, 1.82) is 0 Å². The largest absolute Gasteiger partial charge is 0.467 e. The fraction of sp³-hybridized carbons (Fsp3) is 0.188. The third-order valence-corrected chi connectivity index (χ3v) is 3.42. The Kier molecular flexibility index (Phi) is 3.29. The molecule has 4 heteroatoms. The van der Waals surface area contributed by atoms with Crippen molar-refractivity contribution in [2.75, 3.05) is 6.54 Å². The zero-order chi connectivity index (χ0) is 13.9. The molecular weight excluding hydrogens is 252 g/mol. The lowest BCUT2D eigenvalue weighted by molar-refractivity contribution is 0.0743. The fourth-order valence-corrected chi connectivity index (χ4v) is 2.36. The molecule has 0 bridgehead atoms. The minimum absolute atomic E-state index is 0.0223. The van der Waals surface area contributed by atoms with Gasteiger partial charge in [-0.15, -0.1) is 0 Å². The van der Waals surface area contributed by atoms with Gasteiger partial charge in [0.05, 0.1) is 12.8 Å². The third kappa shape index (κ3) is 2.20. The van der Waals surface area contributed by atoms with Crippen LogP contribution in [0.3, 0.4) is 0 Å². The summed E-state index contributed by atoms with van der Waals surface area (Å²) >= 11 is 0. The Morgan fingerprint density at radius 3 is 2.90 bits per heavy atom. The van der Waals surface area contributed by atoms with E-state index in [1.807, 2.05) is 49.5 Å². The molecule has 0 aliphatic carbocycles. The summed E-state index contributed by atoms with van der Waals surface area (Å²) in [6, 6.07) is 11.4. The van der Waals surface area contributed by atoms with Crippen molar-refractivity contribution in [2.24, 2.45) is 0 Å². The number of furan rings is 1. The van der Waals surface area contributed by atoms with Gasteiger partial charge in [-0.25, -0.2) is 0 Å². The summed E-state index contributed by atoms with van der Waals surface area (Å²) in [5.74, 6) is 0.815. The number of carbonyl (C=O) groups is 1. The van der Waals surface area contributed by atoms with Crippen LogP contribution in [0.4, 0.5) is 0 Å². The standard InChI is InChI=1S/C16H16N2O2/c1-2-18(11-12-5-4-10-20-12)16(19)14-6-3-7-15-13(14)8-9-17-15/h3-10,17H,2,11H2,1H3. The van der Waals surface area contributed by atoms with Crippen molar-refractivity contribution in [1.82, 2.24) is 9.88 Å². The fourth-order valence-electron chi connectivity index (χ4n) is 2.36. The third-order valence-electron chi connectivity index (χ3n) is 3.42. The highest BCUT2D eigenvalue weighted by Crippen LogP contribution is 2.20. The quantitative estimate of drug-likeness (QED) is 0.788. The second-order valence-corrected chi connectivity index (χ2v) is 4.64. The number of aromatic amines is 1. The molecule has 3 rings (SSSR count). The molecule has 0 saturated heterocycles. The van der Waals surface area contributed by atoms with Gasteiger partial charge in [-0.3, -0.25) is 4.79 Å². The molecule has 0 radical (unpaired) electrons. The maximum atomic E-state index is 12.7. The monoisotopic (exact) mass is 268 g/mol. The molecule has 0 fully saturated rings. The van der Waals surface area contributed by atoms with E-state index in [9.17, 15) is 4.79 Å². The first-order chi connectivity index (χ1) is 9.79. The molecule has 102 valence electrons. The number of fused-ring (bicyclic) bond motifs is 1. The predicted molar refractivity (Wildman–Crippen MR) is 77.4 cm³/mol. The molecule has 1 aromatic carbocycles. The van der Waals surface area contributed by atoms with E-state index < -0.39 is 0 Å². The number of nitrogens with one attached hydrogen (secondary N) is 1. The van der Waals surface area contributed by atoms with Crippen LogP contribution in [0.15, 0.2) is 53.3 Å². The SMILES string of the molecule is CCN(Cc1ccco1)C(=O)c1cccc2[nH]ccc12. The summed E-state index contributed by atoms with van der Waals surface area (Å²) in [5.41, 5.74) is 1.70. The van der Waals surface area contributed by atoms with Crippen molar-refractivity contribution in [3.8, 4) is 0 Å². The number of amides is 1. The van der Waals surface area contributed by atoms with Crippen LogP contribution in [-0.4, -0.2) is 22.3 Å². The average Bonchev–Trinajstić information content (AvgIpc) is 3.14. The van der Waals surface area contributed by atoms with Gasteiger partial charge in [-0.2, -0.15) is 0 Å². The highest BCUT2D eigenvalue weighted by molar-refractivity contribution is 6.06. The molecule has 1 amide bonds. The topological polar surface area (TPSA) is 49.2 Å². The van der Waals surface area contributed by atoms with Crippen LogP contribution in [0.5, 0.6) is 0 Å². The zero-order valence-corrected chi connectivity index (χ0v) is 11.3. The Labute approximate surface area is 117 Å². The average molecular weight is 268 g/mol. The zero-order valence-electron chi connectivity index (χ0n) is 11.3. The lowest BCUT2D eigenvalue weighted by Gasteiger charge is -2.20. The van der Waals surface area contributed by atoms with Crippen LogP contribution in [0.2, 0.25) is 0 Å². The van der Waals surface area contributed by atoms with Gasteiger partial charge in [0.1, 0.15) is 5.76 Å². The minimum atomic E-state index is 0.0223.